The predicted octanol–water partition coefficient (Wildman–Crippen LogP) is -1.95. The van der Waals surface area contributed by atoms with Crippen LogP contribution in [0.15, 0.2) is 0 Å². The summed E-state index contributed by atoms with van der Waals surface area (Å²) in [6.45, 7) is 0. The molecule has 0 aliphatic carbocycles. The van der Waals surface area contributed by atoms with E-state index in [4.69, 9.17) is 0 Å². The molecule has 6 heavy (non-hydrogen) atoms. The summed E-state index contributed by atoms with van der Waals surface area (Å²) in [6.07, 6.45) is 0. The molecule has 6 radical (unpaired) electrons. The molecule has 6 heteroatoms. The Morgan fingerprint density at radius 2 is 1.00 bits per heavy atom. The van der Waals surface area contributed by atoms with Crippen LogP contribution in [0.4, 0.5) is 0 Å². The van der Waals surface area contributed by atoms with Crippen LogP contribution in [0.2, 0.25) is 0 Å². The molecule has 0 atom stereocenters. The summed E-state index contributed by atoms with van der Waals surface area (Å²) >= 11 is 0. The Morgan fingerprint density at radius 1 is 1.00 bits per heavy atom. The van der Waals surface area contributed by atoms with Crippen LogP contribution in [0.1, 0.15) is 0 Å². The zero-order valence-electron chi connectivity index (χ0n) is 1.56. The van der Waals surface area contributed by atoms with Gasteiger partial charge in [0.05, 0.1) is 0 Å². The molecular formula is H3AgAlCuLiMgMn. The van der Waals surface area contributed by atoms with Crippen molar-refractivity contribution in [3.63, 3.8) is 0 Å². The Bertz CT molecular complexity index is 15.5. The van der Waals surface area contributed by atoms with Gasteiger partial charge < -0.3 is 0 Å². The zero-order chi connectivity index (χ0) is 0. The smallest absolute Gasteiger partial charge is 0 e. The molecular weight excluding hydrogens is 285 g/mol. The van der Waals surface area contributed by atoms with E-state index in [0.717, 1.165) is 0 Å². The SMILES string of the molecule is [Ag].[Al].[Cu].[LiH].[MgH2].[Mn]. The van der Waals surface area contributed by atoms with Crippen LogP contribution >= 0.6 is 0 Å². The van der Waals surface area contributed by atoms with Gasteiger partial charge in [-0.05, 0) is 0 Å². The Labute approximate surface area is 114 Å². The van der Waals surface area contributed by atoms with Gasteiger partial charge in [-0.1, -0.05) is 0 Å². The van der Waals surface area contributed by atoms with Crippen LogP contribution in [0.25, 0.3) is 0 Å². The number of hydrogen-bond acceptors (Lipinski definition) is 0. The van der Waals surface area contributed by atoms with E-state index in [9.17, 15) is 0 Å². The van der Waals surface area contributed by atoms with Crippen LogP contribution in [-0.4, -0.2) is 59.3 Å². The largest absolute Gasteiger partial charge is 0.316 e. The molecule has 0 amide bonds. The van der Waals surface area contributed by atoms with Crippen LogP contribution < -0.4 is 0 Å². The van der Waals surface area contributed by atoms with Gasteiger partial charge >= 0.3 is 41.9 Å². The van der Waals surface area contributed by atoms with Crippen LogP contribution in [0.5, 0.6) is 0 Å². The molecule has 0 nitrogen and oxygen atoms in total. The molecule has 0 fully saturated rings. The van der Waals surface area contributed by atoms with Gasteiger partial charge in [0.1, 0.15) is 0 Å². The molecule has 0 aromatic rings. The first-order chi connectivity index (χ1) is 0. The summed E-state index contributed by atoms with van der Waals surface area (Å²) in [5, 5.41) is 0. The Balaban J connectivity index is 0. The fraction of sp³-hybridized carbons (Fsp3) is 0. The van der Waals surface area contributed by atoms with E-state index >= 15 is 0 Å². The van der Waals surface area contributed by atoms with Crippen molar-refractivity contribution in [2.24, 2.45) is 0 Å². The predicted molar refractivity (Wildman–Crippen MR) is 21.4 cm³/mol. The summed E-state index contributed by atoms with van der Waals surface area (Å²) in [5.74, 6) is 0. The molecule has 0 saturated carbocycles. The first kappa shape index (κ1) is 53.9. The average Bonchev–Trinajstić information content (AvgIpc) is 0. The molecule has 38 valence electrons. The van der Waals surface area contributed by atoms with Crippen molar-refractivity contribution in [2.45, 2.75) is 0 Å². The molecule has 0 N–H and O–H groups in total. The second kappa shape index (κ2) is 37.8. The Morgan fingerprint density at radius 3 is 1.00 bits per heavy atom. The number of rotatable bonds is 0. The molecule has 0 aliphatic heterocycles. The number of hydrogen-bond donors (Lipinski definition) is 0. The van der Waals surface area contributed by atoms with Crippen molar-refractivity contribution in [1.29, 1.82) is 0 Å². The Kier molecular flexibility index (Phi) is 340. The summed E-state index contributed by atoms with van der Waals surface area (Å²) in [4.78, 5) is 0. The minimum Gasteiger partial charge on any atom is 0 e. The van der Waals surface area contributed by atoms with E-state index in [1.165, 1.54) is 0 Å². The third-order valence-corrected chi connectivity index (χ3v) is 0. The minimum absolute atomic E-state index is 0. The summed E-state index contributed by atoms with van der Waals surface area (Å²) < 4.78 is 0. The van der Waals surface area contributed by atoms with Gasteiger partial charge in [0.25, 0.3) is 0 Å². The van der Waals surface area contributed by atoms with Crippen molar-refractivity contribution < 1.29 is 56.5 Å². The van der Waals surface area contributed by atoms with E-state index in [-0.39, 0.29) is 116 Å². The summed E-state index contributed by atoms with van der Waals surface area (Å²) in [6, 6.07) is 0. The normalized spacial score (nSPS) is 0. The summed E-state index contributed by atoms with van der Waals surface area (Å²) in [5.41, 5.74) is 0. The summed E-state index contributed by atoms with van der Waals surface area (Å²) in [7, 11) is 0. The van der Waals surface area contributed by atoms with E-state index in [1.54, 1.807) is 0 Å². The Hall–Kier alpha value is 3.68. The van der Waals surface area contributed by atoms with Crippen LogP contribution in [0, 0.1) is 0 Å². The van der Waals surface area contributed by atoms with Crippen molar-refractivity contribution >= 4 is 59.3 Å². The van der Waals surface area contributed by atoms with Crippen molar-refractivity contribution in [2.75, 3.05) is 0 Å². The standard InChI is InChI=1S/Ag.Al.Cu.Li.Mg.Mn.3H. The maximum Gasteiger partial charge on any atom is 0.316 e. The molecule has 0 bridgehead atoms. The van der Waals surface area contributed by atoms with Gasteiger partial charge in [0.15, 0.2) is 0 Å². The molecule has 0 rings (SSSR count). The first-order valence-electron chi connectivity index (χ1n) is 0. The van der Waals surface area contributed by atoms with Gasteiger partial charge in [0.2, 0.25) is 0 Å². The third-order valence-electron chi connectivity index (χ3n) is 0. The zero-order valence-corrected chi connectivity index (χ0v) is 6.32. The molecule has 0 aromatic carbocycles. The molecule has 0 aromatic heterocycles. The van der Waals surface area contributed by atoms with Crippen LogP contribution in [0.3, 0.4) is 0 Å². The second-order valence-corrected chi connectivity index (χ2v) is 0. The monoisotopic (exact) mass is 286 g/mol. The maximum absolute atomic E-state index is 0. The van der Waals surface area contributed by atoms with Gasteiger partial charge in [0, 0.05) is 73.9 Å². The molecule has 0 heterocycles. The van der Waals surface area contributed by atoms with E-state index in [2.05, 4.69) is 0 Å². The van der Waals surface area contributed by atoms with Gasteiger partial charge in [-0.15, -0.1) is 0 Å². The topological polar surface area (TPSA) is 0 Å². The van der Waals surface area contributed by atoms with E-state index < -0.39 is 0 Å². The van der Waals surface area contributed by atoms with Gasteiger partial charge in [-0.25, -0.2) is 0 Å². The second-order valence-electron chi connectivity index (χ2n) is 0. The third kappa shape index (κ3) is 25.3. The van der Waals surface area contributed by atoms with E-state index in [1.807, 2.05) is 0 Å². The molecule has 0 aliphatic rings. The van der Waals surface area contributed by atoms with Crippen molar-refractivity contribution in [3.8, 4) is 0 Å². The molecule has 0 spiro atoms. The van der Waals surface area contributed by atoms with Crippen LogP contribution in [-0.2, 0) is 56.5 Å². The fourth-order valence-electron chi connectivity index (χ4n) is 0. The van der Waals surface area contributed by atoms with Crippen molar-refractivity contribution in [1.82, 2.24) is 0 Å². The fourth-order valence-corrected chi connectivity index (χ4v) is 0. The van der Waals surface area contributed by atoms with Crippen molar-refractivity contribution in [3.05, 3.63) is 0 Å². The quantitative estimate of drug-likeness (QED) is 0.454. The minimum atomic E-state index is 0. The van der Waals surface area contributed by atoms with E-state index in [0.29, 0.717) is 0 Å². The van der Waals surface area contributed by atoms with Gasteiger partial charge in [-0.2, -0.15) is 0 Å². The molecule has 0 saturated heterocycles. The molecule has 0 unspecified atom stereocenters. The maximum atomic E-state index is 0. The average molecular weight is 288 g/mol. The first-order valence-corrected chi connectivity index (χ1v) is 0. The van der Waals surface area contributed by atoms with Gasteiger partial charge in [-0.3, -0.25) is 0 Å².